The highest BCUT2D eigenvalue weighted by molar-refractivity contribution is 7.89. The molecule has 12 heteroatoms. The van der Waals surface area contributed by atoms with Crippen LogP contribution in [0.4, 0.5) is 5.82 Å². The molecule has 0 radical (unpaired) electrons. The number of sulfonamides is 1. The van der Waals surface area contributed by atoms with E-state index in [9.17, 15) is 13.2 Å². The van der Waals surface area contributed by atoms with Gasteiger partial charge in [-0.05, 0) is 40.2 Å². The number of fused-ring (bicyclic) bond motifs is 1. The molecule has 32 heavy (non-hydrogen) atoms. The van der Waals surface area contributed by atoms with Crippen molar-refractivity contribution in [2.45, 2.75) is 45.6 Å². The van der Waals surface area contributed by atoms with Crippen molar-refractivity contribution in [2.24, 2.45) is 0 Å². The molecule has 3 aromatic heterocycles. The van der Waals surface area contributed by atoms with Crippen LogP contribution in [0.5, 0.6) is 0 Å². The minimum Gasteiger partial charge on any atom is -0.360 e. The molecular formula is C20H26N6O4S2. The maximum Gasteiger partial charge on any atom is 0.248 e. The molecule has 1 N–H and O–H groups in total. The Labute approximate surface area is 190 Å². The number of nitrogens with zero attached hydrogens (tertiary/aromatic N) is 5. The van der Waals surface area contributed by atoms with E-state index in [0.717, 1.165) is 20.7 Å². The van der Waals surface area contributed by atoms with Gasteiger partial charge in [0.1, 0.15) is 33.6 Å². The summed E-state index contributed by atoms with van der Waals surface area (Å²) in [6.45, 7) is 10.1. The van der Waals surface area contributed by atoms with Crippen LogP contribution in [0, 0.1) is 27.7 Å². The van der Waals surface area contributed by atoms with E-state index in [1.165, 1.54) is 10.6 Å². The van der Waals surface area contributed by atoms with Crippen LogP contribution in [-0.2, 0) is 14.8 Å². The van der Waals surface area contributed by atoms with Gasteiger partial charge in [-0.15, -0.1) is 11.3 Å². The lowest BCUT2D eigenvalue weighted by molar-refractivity contribution is -0.132. The van der Waals surface area contributed by atoms with Gasteiger partial charge in [0.25, 0.3) is 0 Å². The first-order valence-corrected chi connectivity index (χ1v) is 12.6. The van der Waals surface area contributed by atoms with Crippen LogP contribution in [0.25, 0.3) is 10.2 Å². The van der Waals surface area contributed by atoms with E-state index in [-0.39, 0.29) is 29.7 Å². The lowest BCUT2D eigenvalue weighted by Gasteiger charge is -2.35. The zero-order chi connectivity index (χ0) is 23.2. The lowest BCUT2D eigenvalue weighted by atomic mass is 10.2. The van der Waals surface area contributed by atoms with E-state index in [0.29, 0.717) is 24.6 Å². The van der Waals surface area contributed by atoms with E-state index in [2.05, 4.69) is 20.4 Å². The summed E-state index contributed by atoms with van der Waals surface area (Å²) < 4.78 is 32.4. The van der Waals surface area contributed by atoms with Crippen molar-refractivity contribution in [3.63, 3.8) is 0 Å². The Balaban J connectivity index is 1.44. The van der Waals surface area contributed by atoms with Crippen LogP contribution < -0.4 is 5.32 Å². The number of nitrogens with one attached hydrogen (secondary N) is 1. The van der Waals surface area contributed by atoms with Gasteiger partial charge in [-0.1, -0.05) is 5.16 Å². The Bertz CT molecular complexity index is 1260. The number of hydrogen-bond donors (Lipinski definition) is 1. The molecule has 1 atom stereocenters. The third kappa shape index (κ3) is 3.86. The van der Waals surface area contributed by atoms with Crippen molar-refractivity contribution in [3.05, 3.63) is 28.2 Å². The van der Waals surface area contributed by atoms with E-state index in [1.54, 1.807) is 37.0 Å². The Morgan fingerprint density at radius 1 is 1.16 bits per heavy atom. The predicted molar refractivity (Wildman–Crippen MR) is 121 cm³/mol. The zero-order valence-electron chi connectivity index (χ0n) is 18.7. The fraction of sp³-hybridized carbons (Fsp3) is 0.500. The van der Waals surface area contributed by atoms with E-state index in [1.807, 2.05) is 13.8 Å². The van der Waals surface area contributed by atoms with Crippen LogP contribution >= 0.6 is 11.3 Å². The highest BCUT2D eigenvalue weighted by Crippen LogP contribution is 2.32. The van der Waals surface area contributed by atoms with Crippen LogP contribution in [-0.4, -0.2) is 70.9 Å². The molecule has 0 bridgehead atoms. The third-order valence-electron chi connectivity index (χ3n) is 5.81. The summed E-state index contributed by atoms with van der Waals surface area (Å²) in [7, 11) is -3.72. The molecule has 4 rings (SSSR count). The van der Waals surface area contributed by atoms with Crippen LogP contribution in [0.15, 0.2) is 15.7 Å². The van der Waals surface area contributed by atoms with Crippen molar-refractivity contribution < 1.29 is 17.7 Å². The van der Waals surface area contributed by atoms with Gasteiger partial charge in [-0.25, -0.2) is 18.4 Å². The summed E-state index contributed by atoms with van der Waals surface area (Å²) in [5, 5.41) is 7.91. The van der Waals surface area contributed by atoms with Crippen molar-refractivity contribution >= 4 is 43.3 Å². The van der Waals surface area contributed by atoms with Crippen LogP contribution in [0.1, 0.15) is 28.8 Å². The molecule has 1 aliphatic heterocycles. The van der Waals surface area contributed by atoms with Gasteiger partial charge in [-0.2, -0.15) is 4.31 Å². The van der Waals surface area contributed by atoms with Crippen molar-refractivity contribution in [2.75, 3.05) is 31.5 Å². The highest BCUT2D eigenvalue weighted by Gasteiger charge is 2.35. The van der Waals surface area contributed by atoms with Gasteiger partial charge in [0.2, 0.25) is 15.9 Å². The first-order chi connectivity index (χ1) is 15.1. The number of amides is 1. The van der Waals surface area contributed by atoms with Crippen LogP contribution in [0.2, 0.25) is 0 Å². The molecule has 1 fully saturated rings. The quantitative estimate of drug-likeness (QED) is 0.593. The minimum absolute atomic E-state index is 0.101. The fourth-order valence-corrected chi connectivity index (χ4v) is 6.66. The maximum absolute atomic E-state index is 13.1. The monoisotopic (exact) mass is 478 g/mol. The van der Waals surface area contributed by atoms with Gasteiger partial charge >= 0.3 is 0 Å². The lowest BCUT2D eigenvalue weighted by Crippen LogP contribution is -2.53. The predicted octanol–water partition coefficient (Wildman–Crippen LogP) is 2.25. The Kier molecular flexibility index (Phi) is 5.94. The summed E-state index contributed by atoms with van der Waals surface area (Å²) in [6.07, 6.45) is 1.50. The first-order valence-electron chi connectivity index (χ1n) is 10.3. The molecule has 0 spiro atoms. The molecule has 1 saturated heterocycles. The van der Waals surface area contributed by atoms with E-state index >= 15 is 0 Å². The van der Waals surface area contributed by atoms with Gasteiger partial charge in [0.05, 0.1) is 5.39 Å². The summed E-state index contributed by atoms with van der Waals surface area (Å²) in [5.74, 6) is 0.807. The van der Waals surface area contributed by atoms with Crippen LogP contribution in [0.3, 0.4) is 0 Å². The second kappa shape index (κ2) is 8.41. The fourth-order valence-electron chi connectivity index (χ4n) is 3.95. The number of rotatable bonds is 5. The molecule has 0 unspecified atom stereocenters. The number of piperazine rings is 1. The molecule has 172 valence electrons. The average Bonchev–Trinajstić information content (AvgIpc) is 3.26. The molecule has 0 aromatic carbocycles. The van der Waals surface area contributed by atoms with E-state index < -0.39 is 16.1 Å². The Hall–Kier alpha value is -2.57. The number of thiophene rings is 1. The molecule has 0 saturated carbocycles. The summed E-state index contributed by atoms with van der Waals surface area (Å²) in [5.41, 5.74) is 1.44. The van der Waals surface area contributed by atoms with Gasteiger partial charge < -0.3 is 14.7 Å². The van der Waals surface area contributed by atoms with Crippen molar-refractivity contribution in [3.8, 4) is 0 Å². The number of aryl methyl sites for hydroxylation is 4. The largest absolute Gasteiger partial charge is 0.360 e. The normalized spacial score (nSPS) is 16.5. The summed E-state index contributed by atoms with van der Waals surface area (Å²) in [4.78, 5) is 25.6. The third-order valence-corrected chi connectivity index (χ3v) is 9.06. The number of carbonyl (C=O) groups excluding carboxylic acids is 1. The first kappa shape index (κ1) is 22.6. The minimum atomic E-state index is -3.72. The SMILES string of the molecule is Cc1noc(C)c1S(=O)(=O)N1CCN(C(=O)[C@H](C)Nc2ncnc3sc(C)c(C)c23)CC1. The van der Waals surface area contributed by atoms with Gasteiger partial charge in [0.15, 0.2) is 5.76 Å². The Morgan fingerprint density at radius 2 is 1.84 bits per heavy atom. The summed E-state index contributed by atoms with van der Waals surface area (Å²) in [6, 6.07) is -0.515. The van der Waals surface area contributed by atoms with Gasteiger partial charge in [-0.3, -0.25) is 4.79 Å². The second-order valence-corrected chi connectivity index (χ2v) is 11.0. The highest BCUT2D eigenvalue weighted by atomic mass is 32.2. The molecule has 1 amide bonds. The number of anilines is 1. The number of aromatic nitrogens is 3. The number of hydrogen-bond acceptors (Lipinski definition) is 9. The van der Waals surface area contributed by atoms with Crippen molar-refractivity contribution in [1.29, 1.82) is 0 Å². The second-order valence-electron chi connectivity index (χ2n) is 7.93. The van der Waals surface area contributed by atoms with Crippen molar-refractivity contribution in [1.82, 2.24) is 24.3 Å². The molecule has 3 aromatic rings. The van der Waals surface area contributed by atoms with Gasteiger partial charge in [0, 0.05) is 31.1 Å². The van der Waals surface area contributed by atoms with E-state index in [4.69, 9.17) is 4.52 Å². The topological polar surface area (TPSA) is 122 Å². The smallest absolute Gasteiger partial charge is 0.248 e. The maximum atomic E-state index is 13.1. The molecule has 1 aliphatic rings. The molecule has 10 nitrogen and oxygen atoms in total. The average molecular weight is 479 g/mol. The number of carbonyl (C=O) groups is 1. The standard InChI is InChI=1S/C20H26N6O4S2/c1-11-15(5)31-19-16(11)18(21-10-22-19)23-13(3)20(27)25-6-8-26(9-7-25)32(28,29)17-12(2)24-30-14(17)4/h10,13H,6-9H2,1-5H3,(H,21,22,23)/t13-/m0/s1. The zero-order valence-corrected chi connectivity index (χ0v) is 20.3. The summed E-state index contributed by atoms with van der Waals surface area (Å²) >= 11 is 1.60. The molecule has 0 aliphatic carbocycles. The Morgan fingerprint density at radius 3 is 2.47 bits per heavy atom. The molecular weight excluding hydrogens is 452 g/mol. The molecule has 4 heterocycles.